The lowest BCUT2D eigenvalue weighted by atomic mass is 10.1. The first kappa shape index (κ1) is 20.3. The molecular formula is C19H23ClN2O3S. The van der Waals surface area contributed by atoms with Gasteiger partial charge in [0.15, 0.2) is 0 Å². The molecule has 0 aromatic heterocycles. The van der Waals surface area contributed by atoms with Crippen LogP contribution in [0.5, 0.6) is 0 Å². The van der Waals surface area contributed by atoms with Crippen molar-refractivity contribution in [2.75, 3.05) is 22.4 Å². The van der Waals surface area contributed by atoms with Gasteiger partial charge in [-0.15, -0.1) is 0 Å². The summed E-state index contributed by atoms with van der Waals surface area (Å²) >= 11 is 6.05. The molecule has 0 aliphatic rings. The van der Waals surface area contributed by atoms with E-state index in [9.17, 15) is 13.2 Å². The normalized spacial score (nSPS) is 11.3. The monoisotopic (exact) mass is 394 g/mol. The molecule has 2 rings (SSSR count). The summed E-state index contributed by atoms with van der Waals surface area (Å²) in [5, 5.41) is 3.35. The minimum Gasteiger partial charge on any atom is -0.326 e. The molecule has 0 fully saturated rings. The maximum absolute atomic E-state index is 12.3. The van der Waals surface area contributed by atoms with Crippen molar-refractivity contribution >= 4 is 38.9 Å². The first-order valence-corrected chi connectivity index (χ1v) is 10.4. The van der Waals surface area contributed by atoms with Gasteiger partial charge in [-0.05, 0) is 61.7 Å². The van der Waals surface area contributed by atoms with Crippen LogP contribution >= 0.6 is 11.6 Å². The topological polar surface area (TPSA) is 66.5 Å². The molecule has 0 unspecified atom stereocenters. The van der Waals surface area contributed by atoms with Crippen molar-refractivity contribution in [2.45, 2.75) is 27.2 Å². The van der Waals surface area contributed by atoms with E-state index < -0.39 is 10.0 Å². The molecule has 5 nitrogen and oxygen atoms in total. The fourth-order valence-electron chi connectivity index (χ4n) is 2.53. The Labute approximate surface area is 160 Å². The molecule has 0 spiro atoms. The van der Waals surface area contributed by atoms with Crippen LogP contribution in [-0.4, -0.2) is 27.1 Å². The van der Waals surface area contributed by atoms with Crippen molar-refractivity contribution in [1.29, 1.82) is 0 Å². The highest BCUT2D eigenvalue weighted by Gasteiger charge is 2.19. The third kappa shape index (κ3) is 4.99. The zero-order chi connectivity index (χ0) is 19.5. The quantitative estimate of drug-likeness (QED) is 0.803. The van der Waals surface area contributed by atoms with Crippen LogP contribution in [0.2, 0.25) is 5.02 Å². The minimum atomic E-state index is -3.50. The average Bonchev–Trinajstić information content (AvgIpc) is 2.54. The molecule has 1 N–H and O–H groups in total. The van der Waals surface area contributed by atoms with E-state index in [-0.39, 0.29) is 18.9 Å². The summed E-state index contributed by atoms with van der Waals surface area (Å²) in [4.78, 5) is 12.3. The van der Waals surface area contributed by atoms with E-state index in [1.165, 1.54) is 4.31 Å². The van der Waals surface area contributed by atoms with Gasteiger partial charge < -0.3 is 5.32 Å². The summed E-state index contributed by atoms with van der Waals surface area (Å²) in [6.07, 6.45) is 1.17. The molecule has 26 heavy (non-hydrogen) atoms. The molecule has 7 heteroatoms. The number of hydrogen-bond donors (Lipinski definition) is 1. The summed E-state index contributed by atoms with van der Waals surface area (Å²) in [6, 6.07) is 10.7. The molecule has 2 aromatic rings. The highest BCUT2D eigenvalue weighted by Crippen LogP contribution is 2.24. The molecule has 0 aliphatic heterocycles. The predicted molar refractivity (Wildman–Crippen MR) is 108 cm³/mol. The Kier molecular flexibility index (Phi) is 6.31. The van der Waals surface area contributed by atoms with Crippen molar-refractivity contribution < 1.29 is 13.2 Å². The number of hydrogen-bond acceptors (Lipinski definition) is 3. The lowest BCUT2D eigenvalue weighted by Crippen LogP contribution is -2.33. The van der Waals surface area contributed by atoms with Gasteiger partial charge in [0.05, 0.1) is 11.9 Å². The number of aryl methyl sites for hydroxylation is 2. The third-order valence-electron chi connectivity index (χ3n) is 4.26. The lowest BCUT2D eigenvalue weighted by molar-refractivity contribution is -0.116. The Morgan fingerprint density at radius 2 is 1.81 bits per heavy atom. The van der Waals surface area contributed by atoms with Crippen molar-refractivity contribution in [1.82, 2.24) is 0 Å². The second-order valence-electron chi connectivity index (χ2n) is 6.31. The zero-order valence-electron chi connectivity index (χ0n) is 15.3. The molecule has 0 saturated carbocycles. The Morgan fingerprint density at radius 1 is 1.12 bits per heavy atom. The maximum atomic E-state index is 12.3. The number of anilines is 2. The SMILES string of the molecule is Cc1ccc(N(CCC(=O)Nc2cccc(Cl)c2C)S(C)(=O)=O)cc1C. The molecule has 0 saturated heterocycles. The molecule has 140 valence electrons. The number of halogens is 1. The van der Waals surface area contributed by atoms with Crippen LogP contribution in [0.15, 0.2) is 36.4 Å². The number of carbonyl (C=O) groups excluding carboxylic acids is 1. The first-order chi connectivity index (χ1) is 12.1. The van der Waals surface area contributed by atoms with Crippen LogP contribution in [0.1, 0.15) is 23.1 Å². The fourth-order valence-corrected chi connectivity index (χ4v) is 3.62. The van der Waals surface area contributed by atoms with Gasteiger partial charge in [-0.25, -0.2) is 8.42 Å². The molecular weight excluding hydrogens is 372 g/mol. The highest BCUT2D eigenvalue weighted by molar-refractivity contribution is 7.92. The number of nitrogens with one attached hydrogen (secondary N) is 1. The largest absolute Gasteiger partial charge is 0.326 e. The second-order valence-corrected chi connectivity index (χ2v) is 8.63. The molecule has 2 aromatic carbocycles. The van der Waals surface area contributed by atoms with Crippen molar-refractivity contribution in [2.24, 2.45) is 0 Å². The summed E-state index contributed by atoms with van der Waals surface area (Å²) in [5.41, 5.74) is 4.03. The van der Waals surface area contributed by atoms with Gasteiger partial charge in [0.2, 0.25) is 15.9 Å². The van der Waals surface area contributed by atoms with Gasteiger partial charge >= 0.3 is 0 Å². The highest BCUT2D eigenvalue weighted by atomic mass is 35.5. The van der Waals surface area contributed by atoms with Gasteiger partial charge in [-0.2, -0.15) is 0 Å². The van der Waals surface area contributed by atoms with Crippen LogP contribution in [0.4, 0.5) is 11.4 Å². The van der Waals surface area contributed by atoms with Gasteiger partial charge in [0.25, 0.3) is 0 Å². The third-order valence-corrected chi connectivity index (χ3v) is 5.87. The first-order valence-electron chi connectivity index (χ1n) is 8.19. The van der Waals surface area contributed by atoms with E-state index in [0.29, 0.717) is 16.4 Å². The number of carbonyl (C=O) groups is 1. The lowest BCUT2D eigenvalue weighted by Gasteiger charge is -2.23. The second kappa shape index (κ2) is 8.10. The molecule has 0 bridgehead atoms. The number of rotatable bonds is 6. The smallest absolute Gasteiger partial charge is 0.232 e. The summed E-state index contributed by atoms with van der Waals surface area (Å²) in [6.45, 7) is 5.77. The van der Waals surface area contributed by atoms with Crippen LogP contribution in [0, 0.1) is 20.8 Å². The van der Waals surface area contributed by atoms with E-state index in [4.69, 9.17) is 11.6 Å². The van der Waals surface area contributed by atoms with Gasteiger partial charge in [-0.3, -0.25) is 9.10 Å². The molecule has 1 amide bonds. The number of nitrogens with zero attached hydrogens (tertiary/aromatic N) is 1. The Balaban J connectivity index is 2.13. The maximum Gasteiger partial charge on any atom is 0.232 e. The fraction of sp³-hybridized carbons (Fsp3) is 0.316. The minimum absolute atomic E-state index is 0.0337. The summed E-state index contributed by atoms with van der Waals surface area (Å²) in [7, 11) is -3.50. The van der Waals surface area contributed by atoms with E-state index in [1.54, 1.807) is 24.3 Å². The van der Waals surface area contributed by atoms with Crippen LogP contribution in [0.25, 0.3) is 0 Å². The molecule has 0 radical (unpaired) electrons. The Hall–Kier alpha value is -2.05. The zero-order valence-corrected chi connectivity index (χ0v) is 16.9. The van der Waals surface area contributed by atoms with Crippen LogP contribution < -0.4 is 9.62 Å². The van der Waals surface area contributed by atoms with E-state index in [0.717, 1.165) is 22.9 Å². The van der Waals surface area contributed by atoms with E-state index in [2.05, 4.69) is 5.32 Å². The predicted octanol–water partition coefficient (Wildman–Crippen LogP) is 4.06. The summed E-state index contributed by atoms with van der Waals surface area (Å²) < 4.78 is 25.6. The van der Waals surface area contributed by atoms with Gasteiger partial charge in [0.1, 0.15) is 0 Å². The number of amides is 1. The van der Waals surface area contributed by atoms with E-state index >= 15 is 0 Å². The Morgan fingerprint density at radius 3 is 2.42 bits per heavy atom. The van der Waals surface area contributed by atoms with Gasteiger partial charge in [0, 0.05) is 23.7 Å². The standard InChI is InChI=1S/C19H23ClN2O3S/c1-13-8-9-16(12-14(13)2)22(26(4,24)25)11-10-19(23)21-18-7-5-6-17(20)15(18)3/h5-9,12H,10-11H2,1-4H3,(H,21,23). The Bertz CT molecular complexity index is 926. The van der Waals surface area contributed by atoms with Crippen molar-refractivity contribution in [3.8, 4) is 0 Å². The summed E-state index contributed by atoms with van der Waals surface area (Å²) in [5.74, 6) is -0.271. The van der Waals surface area contributed by atoms with Crippen molar-refractivity contribution in [3.05, 3.63) is 58.1 Å². The van der Waals surface area contributed by atoms with Crippen LogP contribution in [-0.2, 0) is 14.8 Å². The molecule has 0 heterocycles. The van der Waals surface area contributed by atoms with Crippen molar-refractivity contribution in [3.63, 3.8) is 0 Å². The molecule has 0 aliphatic carbocycles. The number of sulfonamides is 1. The van der Waals surface area contributed by atoms with E-state index in [1.807, 2.05) is 32.9 Å². The molecule has 0 atom stereocenters. The average molecular weight is 395 g/mol. The van der Waals surface area contributed by atoms with Gasteiger partial charge in [-0.1, -0.05) is 23.7 Å². The van der Waals surface area contributed by atoms with Crippen LogP contribution in [0.3, 0.4) is 0 Å². The number of benzene rings is 2.